The van der Waals surface area contributed by atoms with Crippen molar-refractivity contribution in [1.29, 1.82) is 0 Å². The third-order valence-corrected chi connectivity index (χ3v) is 1.67. The molecule has 0 saturated heterocycles. The summed E-state index contributed by atoms with van der Waals surface area (Å²) in [6.07, 6.45) is -0.163. The van der Waals surface area contributed by atoms with Crippen LogP contribution in [-0.4, -0.2) is 18.9 Å². The van der Waals surface area contributed by atoms with E-state index in [1.807, 2.05) is 0 Å². The van der Waals surface area contributed by atoms with Gasteiger partial charge in [-0.3, -0.25) is 4.79 Å². The van der Waals surface area contributed by atoms with Gasteiger partial charge in [0.05, 0.1) is 0 Å². The van der Waals surface area contributed by atoms with Gasteiger partial charge in [0.1, 0.15) is 0 Å². The smallest absolute Gasteiger partial charge is 0.252 e. The Morgan fingerprint density at radius 2 is 2.30 bits per heavy atom. The van der Waals surface area contributed by atoms with E-state index >= 15 is 0 Å². The van der Waals surface area contributed by atoms with Crippen LogP contribution in [0.5, 0.6) is 0 Å². The average Bonchev–Trinajstić information content (AvgIpc) is 2.40. The molecule has 1 atom stereocenters. The van der Waals surface area contributed by atoms with Crippen LogP contribution >= 0.6 is 0 Å². The van der Waals surface area contributed by atoms with Gasteiger partial charge >= 0.3 is 0 Å². The lowest BCUT2D eigenvalue weighted by Crippen LogP contribution is -2.18. The zero-order chi connectivity index (χ0) is 7.78. The highest BCUT2D eigenvalue weighted by Crippen LogP contribution is 2.50. The van der Waals surface area contributed by atoms with Crippen LogP contribution < -0.4 is 5.32 Å². The quantitative estimate of drug-likeness (QED) is 0.617. The van der Waals surface area contributed by atoms with Crippen molar-refractivity contribution in [3.63, 3.8) is 0 Å². The van der Waals surface area contributed by atoms with Crippen LogP contribution in [0.3, 0.4) is 0 Å². The fourth-order valence-corrected chi connectivity index (χ4v) is 0.817. The third-order valence-electron chi connectivity index (χ3n) is 1.67. The van der Waals surface area contributed by atoms with Crippen molar-refractivity contribution in [2.75, 3.05) is 7.05 Å². The lowest BCUT2D eigenvalue weighted by Gasteiger charge is -1.96. The van der Waals surface area contributed by atoms with E-state index in [9.17, 15) is 13.6 Å². The van der Waals surface area contributed by atoms with Gasteiger partial charge in [-0.05, 0) is 0 Å². The molecule has 4 heteroatoms. The molecule has 1 N–H and O–H groups in total. The second-order valence-corrected chi connectivity index (χ2v) is 2.54. The summed E-state index contributed by atoms with van der Waals surface area (Å²) in [5.74, 6) is -3.57. The molecule has 0 bridgehead atoms. The van der Waals surface area contributed by atoms with Crippen LogP contribution in [0.25, 0.3) is 0 Å². The number of hydrogen-bond acceptors (Lipinski definition) is 1. The molecule has 2 nitrogen and oxygen atoms in total. The number of amides is 1. The van der Waals surface area contributed by atoms with Crippen molar-refractivity contribution in [2.24, 2.45) is 5.92 Å². The minimum absolute atomic E-state index is 0.0382. The summed E-state index contributed by atoms with van der Waals surface area (Å²) in [6.45, 7) is 0. The maximum absolute atomic E-state index is 12.1. The Kier molecular flexibility index (Phi) is 1.62. The molecule has 0 aliphatic heterocycles. The molecular weight excluding hydrogens is 140 g/mol. The number of rotatable bonds is 2. The molecule has 10 heavy (non-hydrogen) atoms. The zero-order valence-electron chi connectivity index (χ0n) is 5.66. The molecule has 1 fully saturated rings. The molecule has 1 saturated carbocycles. The van der Waals surface area contributed by atoms with Gasteiger partial charge in [0.25, 0.3) is 5.92 Å². The van der Waals surface area contributed by atoms with Gasteiger partial charge in [-0.15, -0.1) is 0 Å². The average molecular weight is 149 g/mol. The van der Waals surface area contributed by atoms with Crippen molar-refractivity contribution >= 4 is 5.91 Å². The molecule has 1 aliphatic rings. The monoisotopic (exact) mass is 149 g/mol. The SMILES string of the molecule is CNC(=O)CC1CC1(F)F. The van der Waals surface area contributed by atoms with Crippen molar-refractivity contribution in [2.45, 2.75) is 18.8 Å². The first-order valence-electron chi connectivity index (χ1n) is 3.14. The van der Waals surface area contributed by atoms with E-state index in [2.05, 4.69) is 5.32 Å². The molecule has 1 aliphatic carbocycles. The van der Waals surface area contributed by atoms with Crippen molar-refractivity contribution in [3.05, 3.63) is 0 Å². The number of carbonyl (C=O) groups is 1. The van der Waals surface area contributed by atoms with E-state index in [1.165, 1.54) is 7.05 Å². The molecule has 0 spiro atoms. The maximum atomic E-state index is 12.1. The summed E-state index contributed by atoms with van der Waals surface area (Å²) in [7, 11) is 1.45. The van der Waals surface area contributed by atoms with E-state index in [1.54, 1.807) is 0 Å². The van der Waals surface area contributed by atoms with E-state index in [4.69, 9.17) is 0 Å². The van der Waals surface area contributed by atoms with Gasteiger partial charge in [0.2, 0.25) is 5.91 Å². The van der Waals surface area contributed by atoms with Crippen LogP contribution in [0.4, 0.5) is 8.78 Å². The van der Waals surface area contributed by atoms with E-state index in [0.29, 0.717) is 0 Å². The number of carbonyl (C=O) groups excluding carboxylic acids is 1. The fourth-order valence-electron chi connectivity index (χ4n) is 0.817. The van der Waals surface area contributed by atoms with E-state index < -0.39 is 11.8 Å². The van der Waals surface area contributed by atoms with Gasteiger partial charge in [0, 0.05) is 25.8 Å². The fraction of sp³-hybridized carbons (Fsp3) is 0.833. The number of hydrogen-bond donors (Lipinski definition) is 1. The van der Waals surface area contributed by atoms with E-state index in [0.717, 1.165) is 0 Å². The summed E-state index contributed by atoms with van der Waals surface area (Å²) in [5, 5.41) is 2.30. The third kappa shape index (κ3) is 1.43. The predicted molar refractivity (Wildman–Crippen MR) is 31.7 cm³/mol. The van der Waals surface area contributed by atoms with E-state index in [-0.39, 0.29) is 18.7 Å². The molecule has 1 rings (SSSR count). The van der Waals surface area contributed by atoms with Crippen LogP contribution in [0.15, 0.2) is 0 Å². The van der Waals surface area contributed by atoms with Crippen LogP contribution in [0.2, 0.25) is 0 Å². The van der Waals surface area contributed by atoms with Gasteiger partial charge in [0.15, 0.2) is 0 Å². The molecule has 1 unspecified atom stereocenters. The summed E-state index contributed by atoms with van der Waals surface area (Å²) in [6, 6.07) is 0. The summed E-state index contributed by atoms with van der Waals surface area (Å²) >= 11 is 0. The Hall–Kier alpha value is -0.670. The lowest BCUT2D eigenvalue weighted by molar-refractivity contribution is -0.121. The van der Waals surface area contributed by atoms with Crippen molar-refractivity contribution in [1.82, 2.24) is 5.32 Å². The molecule has 1 amide bonds. The summed E-state index contributed by atoms with van der Waals surface area (Å²) in [4.78, 5) is 10.5. The molecule has 0 aromatic rings. The highest BCUT2D eigenvalue weighted by molar-refractivity contribution is 5.76. The second-order valence-electron chi connectivity index (χ2n) is 2.54. The molecule has 0 radical (unpaired) electrons. The van der Waals surface area contributed by atoms with Gasteiger partial charge in [-0.1, -0.05) is 0 Å². The summed E-state index contributed by atoms with van der Waals surface area (Å²) in [5.41, 5.74) is 0. The zero-order valence-corrected chi connectivity index (χ0v) is 5.66. The van der Waals surface area contributed by atoms with Gasteiger partial charge in [-0.25, -0.2) is 8.78 Å². The molecule has 0 heterocycles. The normalized spacial score (nSPS) is 27.7. The summed E-state index contributed by atoms with van der Waals surface area (Å²) < 4.78 is 24.2. The standard InChI is InChI=1S/C6H9F2NO/c1-9-5(10)2-4-3-6(4,7)8/h4H,2-3H2,1H3,(H,9,10). The van der Waals surface area contributed by atoms with Crippen molar-refractivity contribution in [3.8, 4) is 0 Å². The molecule has 58 valence electrons. The largest absolute Gasteiger partial charge is 0.359 e. The lowest BCUT2D eigenvalue weighted by atomic mass is 10.3. The van der Waals surface area contributed by atoms with Gasteiger partial charge < -0.3 is 5.32 Å². The van der Waals surface area contributed by atoms with Crippen LogP contribution in [-0.2, 0) is 4.79 Å². The highest BCUT2D eigenvalue weighted by atomic mass is 19.3. The highest BCUT2D eigenvalue weighted by Gasteiger charge is 2.57. The van der Waals surface area contributed by atoms with Gasteiger partial charge in [-0.2, -0.15) is 0 Å². The minimum atomic E-state index is -2.56. The van der Waals surface area contributed by atoms with Crippen LogP contribution in [0.1, 0.15) is 12.8 Å². The van der Waals surface area contributed by atoms with Crippen LogP contribution in [0, 0.1) is 5.92 Å². The molecule has 0 aromatic carbocycles. The Morgan fingerprint density at radius 3 is 2.60 bits per heavy atom. The van der Waals surface area contributed by atoms with Crippen molar-refractivity contribution < 1.29 is 13.6 Å². The molecular formula is C6H9F2NO. The first-order chi connectivity index (χ1) is 4.56. The Bertz CT molecular complexity index is 158. The topological polar surface area (TPSA) is 29.1 Å². The molecule has 0 aromatic heterocycles. The second kappa shape index (κ2) is 2.18. The Morgan fingerprint density at radius 1 is 1.80 bits per heavy atom. The number of halogens is 2. The minimum Gasteiger partial charge on any atom is -0.359 e. The predicted octanol–water partition coefficient (Wildman–Crippen LogP) is 0.778. The number of alkyl halides is 2. The number of nitrogens with one attached hydrogen (secondary N) is 1. The Labute approximate surface area is 57.6 Å². The maximum Gasteiger partial charge on any atom is 0.252 e. The Balaban J connectivity index is 2.24. The first kappa shape index (κ1) is 7.44. The first-order valence-corrected chi connectivity index (χ1v) is 3.14.